The maximum Gasteiger partial charge on any atom is 0.123 e. The molecule has 0 heterocycles. The highest BCUT2D eigenvalue weighted by atomic mass is 79.9. The van der Waals surface area contributed by atoms with Crippen molar-refractivity contribution in [2.75, 3.05) is 0 Å². The topological polar surface area (TPSA) is 0 Å². The number of rotatable bonds is 1. The van der Waals surface area contributed by atoms with Gasteiger partial charge in [-0.1, -0.05) is 40.4 Å². The van der Waals surface area contributed by atoms with Crippen LogP contribution >= 0.6 is 27.5 Å². The Hall–Kier alpha value is -0.0800. The van der Waals surface area contributed by atoms with Crippen molar-refractivity contribution >= 4 is 27.5 Å². The molecular weight excluding hydrogens is 290 g/mol. The highest BCUT2D eigenvalue weighted by Crippen LogP contribution is 2.37. The predicted molar refractivity (Wildman–Crippen MR) is 70.0 cm³/mol. The van der Waals surface area contributed by atoms with E-state index >= 15 is 0 Å². The molecule has 16 heavy (non-hydrogen) atoms. The fourth-order valence-electron chi connectivity index (χ4n) is 2.41. The maximum absolute atomic E-state index is 13.2. The molecule has 2 rings (SSSR count). The molecule has 1 aromatic carbocycles. The summed E-state index contributed by atoms with van der Waals surface area (Å²) in [7, 11) is 0. The largest absolute Gasteiger partial charge is 0.207 e. The van der Waals surface area contributed by atoms with Gasteiger partial charge < -0.3 is 0 Å². The Labute approximate surface area is 109 Å². The van der Waals surface area contributed by atoms with Gasteiger partial charge in [0.2, 0.25) is 0 Å². The molecule has 0 bridgehead atoms. The smallest absolute Gasteiger partial charge is 0.123 e. The molecule has 1 aromatic rings. The lowest BCUT2D eigenvalue weighted by molar-refractivity contribution is 0.584. The molecule has 0 N–H and O–H groups in total. The first kappa shape index (κ1) is 12.4. The first-order chi connectivity index (χ1) is 7.66. The molecule has 2 unspecified atom stereocenters. The summed E-state index contributed by atoms with van der Waals surface area (Å²) in [5, 5.41) is 0.702. The van der Waals surface area contributed by atoms with E-state index in [1.165, 1.54) is 25.3 Å². The number of hydrogen-bond acceptors (Lipinski definition) is 0. The van der Waals surface area contributed by atoms with Crippen molar-refractivity contribution in [1.29, 1.82) is 0 Å². The fourth-order valence-corrected chi connectivity index (χ4v) is 3.46. The summed E-state index contributed by atoms with van der Waals surface area (Å²) >= 11 is 9.83. The molecular formula is C13H15BrClF. The van der Waals surface area contributed by atoms with Crippen LogP contribution in [0.25, 0.3) is 0 Å². The summed E-state index contributed by atoms with van der Waals surface area (Å²) in [5.74, 6) is 0.213. The van der Waals surface area contributed by atoms with Crippen molar-refractivity contribution < 1.29 is 4.39 Å². The highest BCUT2D eigenvalue weighted by molar-refractivity contribution is 9.09. The minimum atomic E-state index is -0.185. The van der Waals surface area contributed by atoms with Gasteiger partial charge in [-0.05, 0) is 48.9 Å². The van der Waals surface area contributed by atoms with Crippen molar-refractivity contribution in [1.82, 2.24) is 0 Å². The van der Waals surface area contributed by atoms with Gasteiger partial charge in [-0.3, -0.25) is 0 Å². The second-order valence-corrected chi connectivity index (χ2v) is 6.18. The van der Waals surface area contributed by atoms with Crippen molar-refractivity contribution in [2.24, 2.45) is 0 Å². The van der Waals surface area contributed by atoms with Gasteiger partial charge in [0, 0.05) is 9.85 Å². The van der Waals surface area contributed by atoms with Gasteiger partial charge in [-0.15, -0.1) is 0 Å². The van der Waals surface area contributed by atoms with Crippen LogP contribution in [0, 0.1) is 5.82 Å². The van der Waals surface area contributed by atoms with Crippen molar-refractivity contribution in [3.63, 3.8) is 0 Å². The van der Waals surface area contributed by atoms with Crippen LogP contribution < -0.4 is 0 Å². The first-order valence-corrected chi connectivity index (χ1v) is 7.05. The summed E-state index contributed by atoms with van der Waals surface area (Å²) in [6.07, 6.45) is 5.84. The Morgan fingerprint density at radius 1 is 1.25 bits per heavy atom. The van der Waals surface area contributed by atoms with E-state index in [4.69, 9.17) is 11.6 Å². The van der Waals surface area contributed by atoms with Gasteiger partial charge in [0.05, 0.1) is 0 Å². The molecule has 1 aliphatic carbocycles. The molecule has 88 valence electrons. The third-order valence-corrected chi connectivity index (χ3v) is 4.43. The Kier molecular flexibility index (Phi) is 4.26. The molecule has 0 nitrogen and oxygen atoms in total. The van der Waals surface area contributed by atoms with Crippen LogP contribution in [-0.4, -0.2) is 4.83 Å². The summed E-state index contributed by atoms with van der Waals surface area (Å²) in [4.78, 5) is 0.541. The predicted octanol–water partition coefficient (Wildman–Crippen LogP) is 5.29. The lowest BCUT2D eigenvalue weighted by atomic mass is 9.92. The SMILES string of the molecule is Fc1ccc(Cl)c(C2CCCCC(Br)C2)c1. The van der Waals surface area contributed by atoms with E-state index in [1.54, 1.807) is 12.1 Å². The van der Waals surface area contributed by atoms with Crippen LogP contribution in [0.5, 0.6) is 0 Å². The van der Waals surface area contributed by atoms with Gasteiger partial charge in [0.1, 0.15) is 5.82 Å². The summed E-state index contributed by atoms with van der Waals surface area (Å²) in [5.41, 5.74) is 0.980. The Morgan fingerprint density at radius 2 is 2.00 bits per heavy atom. The van der Waals surface area contributed by atoms with Gasteiger partial charge >= 0.3 is 0 Å². The van der Waals surface area contributed by atoms with E-state index in [9.17, 15) is 4.39 Å². The average molecular weight is 306 g/mol. The highest BCUT2D eigenvalue weighted by Gasteiger charge is 2.21. The van der Waals surface area contributed by atoms with E-state index in [-0.39, 0.29) is 5.82 Å². The molecule has 0 amide bonds. The van der Waals surface area contributed by atoms with E-state index < -0.39 is 0 Å². The number of benzene rings is 1. The van der Waals surface area contributed by atoms with Crippen LogP contribution in [0.4, 0.5) is 4.39 Å². The fraction of sp³-hybridized carbons (Fsp3) is 0.538. The summed E-state index contributed by atoms with van der Waals surface area (Å²) in [6.45, 7) is 0. The maximum atomic E-state index is 13.2. The Bertz CT molecular complexity index is 367. The second kappa shape index (κ2) is 5.50. The minimum Gasteiger partial charge on any atom is -0.207 e. The molecule has 3 heteroatoms. The van der Waals surface area contributed by atoms with Gasteiger partial charge in [0.25, 0.3) is 0 Å². The van der Waals surface area contributed by atoms with E-state index in [0.717, 1.165) is 18.4 Å². The third-order valence-electron chi connectivity index (χ3n) is 3.26. The normalized spacial score (nSPS) is 26.4. The first-order valence-electron chi connectivity index (χ1n) is 5.76. The third kappa shape index (κ3) is 2.98. The monoisotopic (exact) mass is 304 g/mol. The molecule has 0 aromatic heterocycles. The molecule has 1 aliphatic rings. The van der Waals surface area contributed by atoms with Crippen molar-refractivity contribution in [3.05, 3.63) is 34.6 Å². The van der Waals surface area contributed by atoms with E-state index in [0.29, 0.717) is 15.8 Å². The van der Waals surface area contributed by atoms with Crippen LogP contribution in [0.3, 0.4) is 0 Å². The van der Waals surface area contributed by atoms with E-state index in [1.807, 2.05) is 0 Å². The lowest BCUT2D eigenvalue weighted by Gasteiger charge is -2.18. The molecule has 1 saturated carbocycles. The molecule has 2 atom stereocenters. The minimum absolute atomic E-state index is 0.185. The zero-order valence-electron chi connectivity index (χ0n) is 9.06. The Morgan fingerprint density at radius 3 is 2.81 bits per heavy atom. The van der Waals surface area contributed by atoms with Crippen LogP contribution in [0.15, 0.2) is 18.2 Å². The second-order valence-electron chi connectivity index (χ2n) is 4.48. The van der Waals surface area contributed by atoms with E-state index in [2.05, 4.69) is 15.9 Å². The molecule has 0 saturated heterocycles. The molecule has 1 fully saturated rings. The Balaban J connectivity index is 2.24. The average Bonchev–Trinajstić information content (AvgIpc) is 2.46. The van der Waals surface area contributed by atoms with Crippen LogP contribution in [0.2, 0.25) is 5.02 Å². The molecule has 0 radical (unpaired) electrons. The number of halogens is 3. The number of alkyl halides is 1. The lowest BCUT2D eigenvalue weighted by Crippen LogP contribution is -2.04. The standard InChI is InChI=1S/C13H15BrClF/c14-10-4-2-1-3-9(7-10)12-8-11(16)5-6-13(12)15/h5-6,8-10H,1-4,7H2. The molecule has 0 spiro atoms. The van der Waals surface area contributed by atoms with Crippen molar-refractivity contribution in [3.8, 4) is 0 Å². The molecule has 0 aliphatic heterocycles. The zero-order chi connectivity index (χ0) is 11.5. The van der Waals surface area contributed by atoms with Crippen molar-refractivity contribution in [2.45, 2.75) is 42.8 Å². The van der Waals surface area contributed by atoms with Crippen LogP contribution in [-0.2, 0) is 0 Å². The zero-order valence-corrected chi connectivity index (χ0v) is 11.4. The quantitative estimate of drug-likeness (QED) is 0.488. The van der Waals surface area contributed by atoms with Gasteiger partial charge in [0.15, 0.2) is 0 Å². The summed E-state index contributed by atoms with van der Waals surface area (Å²) < 4.78 is 13.2. The van der Waals surface area contributed by atoms with Crippen LogP contribution in [0.1, 0.15) is 43.6 Å². The number of hydrogen-bond donors (Lipinski definition) is 0. The van der Waals surface area contributed by atoms with Gasteiger partial charge in [-0.2, -0.15) is 0 Å². The summed E-state index contributed by atoms with van der Waals surface area (Å²) in [6, 6.07) is 4.69. The van der Waals surface area contributed by atoms with Gasteiger partial charge in [-0.25, -0.2) is 4.39 Å².